The molecule has 0 spiro atoms. The Kier molecular flexibility index (Phi) is 6.64. The fourth-order valence-electron chi connectivity index (χ4n) is 2.98. The summed E-state index contributed by atoms with van der Waals surface area (Å²) in [4.78, 5) is 23.2. The van der Waals surface area contributed by atoms with Gasteiger partial charge in [-0.25, -0.2) is 4.39 Å². The van der Waals surface area contributed by atoms with E-state index in [4.69, 9.17) is 16.3 Å². The summed E-state index contributed by atoms with van der Waals surface area (Å²) < 4.78 is 18.4. The average Bonchev–Trinajstić information content (AvgIpc) is 2.74. The van der Waals surface area contributed by atoms with Gasteiger partial charge in [0.1, 0.15) is 11.6 Å². The maximum atomic E-state index is 13.2. The van der Waals surface area contributed by atoms with E-state index >= 15 is 0 Å². The van der Waals surface area contributed by atoms with Crippen molar-refractivity contribution in [3.05, 3.63) is 104 Å². The molecule has 6 nitrogen and oxygen atoms in total. The lowest BCUT2D eigenvalue weighted by Gasteiger charge is -2.20. The number of non-ortho nitro benzene ring substituents is 1. The third-order valence-electron chi connectivity index (χ3n) is 4.58. The minimum absolute atomic E-state index is 0.0167. The molecule has 0 saturated carbocycles. The molecule has 0 saturated heterocycles. The zero-order valence-electron chi connectivity index (χ0n) is 16.0. The third kappa shape index (κ3) is 5.12. The van der Waals surface area contributed by atoms with Crippen molar-refractivity contribution in [3.8, 4) is 5.75 Å². The molecule has 0 aliphatic carbocycles. The van der Waals surface area contributed by atoms with Crippen molar-refractivity contribution >= 4 is 23.2 Å². The number of amides is 1. The number of nitro benzene ring substituents is 1. The molecule has 0 aliphatic heterocycles. The SMILES string of the molecule is COc1ccc(C(Cc2ccc(F)cc2)NC(=O)c2ccc([N+](=O)[O-])cc2Cl)cc1. The van der Waals surface area contributed by atoms with E-state index in [0.29, 0.717) is 12.2 Å². The normalized spacial score (nSPS) is 11.6. The molecule has 3 aromatic rings. The van der Waals surface area contributed by atoms with E-state index in [-0.39, 0.29) is 22.1 Å². The second-order valence-corrected chi connectivity index (χ2v) is 6.96. The first kappa shape index (κ1) is 21.3. The highest BCUT2D eigenvalue weighted by atomic mass is 35.5. The van der Waals surface area contributed by atoms with Crippen LogP contribution in [0.2, 0.25) is 5.02 Å². The predicted molar refractivity (Wildman–Crippen MR) is 111 cm³/mol. The number of carbonyl (C=O) groups excluding carboxylic acids is 1. The predicted octanol–water partition coefficient (Wildman–Crippen LogP) is 5.11. The van der Waals surface area contributed by atoms with Crippen molar-refractivity contribution < 1.29 is 18.8 Å². The van der Waals surface area contributed by atoms with Gasteiger partial charge in [-0.1, -0.05) is 35.9 Å². The summed E-state index contributed by atoms with van der Waals surface area (Å²) in [7, 11) is 1.56. The minimum Gasteiger partial charge on any atom is -0.497 e. The highest BCUT2D eigenvalue weighted by Crippen LogP contribution is 2.25. The maximum absolute atomic E-state index is 13.2. The van der Waals surface area contributed by atoms with Crippen LogP contribution in [0.3, 0.4) is 0 Å². The first-order chi connectivity index (χ1) is 14.4. The van der Waals surface area contributed by atoms with Crippen LogP contribution in [0.4, 0.5) is 10.1 Å². The zero-order valence-corrected chi connectivity index (χ0v) is 16.7. The van der Waals surface area contributed by atoms with Gasteiger partial charge in [-0.3, -0.25) is 14.9 Å². The lowest BCUT2D eigenvalue weighted by molar-refractivity contribution is -0.384. The smallest absolute Gasteiger partial charge is 0.270 e. The van der Waals surface area contributed by atoms with Crippen molar-refractivity contribution in [1.29, 1.82) is 0 Å². The summed E-state index contributed by atoms with van der Waals surface area (Å²) in [6, 6.07) is 16.4. The van der Waals surface area contributed by atoms with E-state index in [1.807, 2.05) is 12.1 Å². The lowest BCUT2D eigenvalue weighted by Crippen LogP contribution is -2.30. The number of ether oxygens (including phenoxy) is 1. The largest absolute Gasteiger partial charge is 0.497 e. The summed E-state index contributed by atoms with van der Waals surface area (Å²) in [5.74, 6) is -0.150. The van der Waals surface area contributed by atoms with Crippen LogP contribution in [0.25, 0.3) is 0 Å². The summed E-state index contributed by atoms with van der Waals surface area (Å²) in [6.45, 7) is 0. The Labute approximate surface area is 177 Å². The first-order valence-electron chi connectivity index (χ1n) is 9.00. The van der Waals surface area contributed by atoms with E-state index in [2.05, 4.69) is 5.32 Å². The monoisotopic (exact) mass is 428 g/mol. The van der Waals surface area contributed by atoms with Gasteiger partial charge < -0.3 is 10.1 Å². The number of carbonyl (C=O) groups is 1. The molecule has 1 amide bonds. The van der Waals surface area contributed by atoms with Crippen LogP contribution in [-0.2, 0) is 6.42 Å². The van der Waals surface area contributed by atoms with Crippen LogP contribution in [0.5, 0.6) is 5.75 Å². The van der Waals surface area contributed by atoms with E-state index in [1.54, 1.807) is 31.4 Å². The third-order valence-corrected chi connectivity index (χ3v) is 4.90. The van der Waals surface area contributed by atoms with Crippen molar-refractivity contribution in [3.63, 3.8) is 0 Å². The summed E-state index contributed by atoms with van der Waals surface area (Å²) in [6.07, 6.45) is 0.406. The van der Waals surface area contributed by atoms with Crippen LogP contribution >= 0.6 is 11.6 Å². The fraction of sp³-hybridized carbons (Fsp3) is 0.136. The molecule has 154 valence electrons. The highest BCUT2D eigenvalue weighted by Gasteiger charge is 2.20. The summed E-state index contributed by atoms with van der Waals surface area (Å²) in [5, 5.41) is 13.8. The first-order valence-corrected chi connectivity index (χ1v) is 9.38. The lowest BCUT2D eigenvalue weighted by atomic mass is 9.98. The van der Waals surface area contributed by atoms with Crippen LogP contribution in [0.15, 0.2) is 66.7 Å². The van der Waals surface area contributed by atoms with Crippen molar-refractivity contribution in [2.45, 2.75) is 12.5 Å². The molecule has 0 aliphatic rings. The number of nitrogens with one attached hydrogen (secondary N) is 1. The quantitative estimate of drug-likeness (QED) is 0.419. The Hall–Kier alpha value is -3.45. The Morgan fingerprint density at radius 1 is 1.13 bits per heavy atom. The van der Waals surface area contributed by atoms with Crippen molar-refractivity contribution in [1.82, 2.24) is 5.32 Å². The standard InChI is InChI=1S/C22H18ClFN2O4/c1-30-18-9-4-15(5-10-18)21(12-14-2-6-16(24)7-3-14)25-22(27)19-11-8-17(26(28)29)13-20(19)23/h2-11,13,21H,12H2,1H3,(H,25,27). The number of nitro groups is 1. The van der Waals surface area contributed by atoms with Gasteiger partial charge in [0.05, 0.1) is 28.7 Å². The molecule has 0 fully saturated rings. The van der Waals surface area contributed by atoms with Gasteiger partial charge >= 0.3 is 0 Å². The highest BCUT2D eigenvalue weighted by molar-refractivity contribution is 6.34. The number of halogens is 2. The molecule has 0 bridgehead atoms. The van der Waals surface area contributed by atoms with Crippen LogP contribution in [-0.4, -0.2) is 17.9 Å². The van der Waals surface area contributed by atoms with Gasteiger partial charge in [-0.05, 0) is 47.9 Å². The van der Waals surface area contributed by atoms with Gasteiger partial charge in [0.15, 0.2) is 0 Å². The molecule has 30 heavy (non-hydrogen) atoms. The molecule has 8 heteroatoms. The molecule has 1 atom stereocenters. The van der Waals surface area contributed by atoms with Gasteiger partial charge in [-0.2, -0.15) is 0 Å². The van der Waals surface area contributed by atoms with E-state index in [1.165, 1.54) is 24.3 Å². The van der Waals surface area contributed by atoms with Gasteiger partial charge in [0, 0.05) is 12.1 Å². The average molecular weight is 429 g/mol. The fourth-order valence-corrected chi connectivity index (χ4v) is 3.24. The van der Waals surface area contributed by atoms with Crippen LogP contribution < -0.4 is 10.1 Å². The minimum atomic E-state index is -0.581. The van der Waals surface area contributed by atoms with Gasteiger partial charge in [-0.15, -0.1) is 0 Å². The van der Waals surface area contributed by atoms with E-state index < -0.39 is 16.9 Å². The molecule has 0 aromatic heterocycles. The maximum Gasteiger partial charge on any atom is 0.270 e. The number of benzene rings is 3. The number of hydrogen-bond donors (Lipinski definition) is 1. The number of methoxy groups -OCH3 is 1. The summed E-state index contributed by atoms with van der Waals surface area (Å²) in [5.41, 5.74) is 1.56. The number of nitrogens with zero attached hydrogens (tertiary/aromatic N) is 1. The molecule has 1 unspecified atom stereocenters. The molecule has 3 aromatic carbocycles. The molecule has 0 radical (unpaired) electrons. The Morgan fingerprint density at radius 3 is 2.37 bits per heavy atom. The Morgan fingerprint density at radius 2 is 1.80 bits per heavy atom. The topological polar surface area (TPSA) is 81.5 Å². The van der Waals surface area contributed by atoms with E-state index in [9.17, 15) is 19.3 Å². The van der Waals surface area contributed by atoms with Gasteiger partial charge in [0.2, 0.25) is 0 Å². The van der Waals surface area contributed by atoms with Crippen LogP contribution in [0, 0.1) is 15.9 Å². The van der Waals surface area contributed by atoms with Crippen molar-refractivity contribution in [2.75, 3.05) is 7.11 Å². The van der Waals surface area contributed by atoms with Crippen molar-refractivity contribution in [2.24, 2.45) is 0 Å². The molecular weight excluding hydrogens is 411 g/mol. The van der Waals surface area contributed by atoms with Crippen LogP contribution in [0.1, 0.15) is 27.5 Å². The molecular formula is C22H18ClFN2O4. The molecule has 0 heterocycles. The zero-order chi connectivity index (χ0) is 21.7. The molecule has 3 rings (SSSR count). The number of hydrogen-bond acceptors (Lipinski definition) is 4. The van der Waals surface area contributed by atoms with E-state index in [0.717, 1.165) is 17.2 Å². The number of rotatable bonds is 7. The summed E-state index contributed by atoms with van der Waals surface area (Å²) >= 11 is 6.09. The second kappa shape index (κ2) is 9.37. The van der Waals surface area contributed by atoms with Gasteiger partial charge in [0.25, 0.3) is 11.6 Å². The Balaban J connectivity index is 1.88. The Bertz CT molecular complexity index is 1060. The second-order valence-electron chi connectivity index (χ2n) is 6.55. The molecule has 1 N–H and O–H groups in total.